The normalized spacial score (nSPS) is 26.9. The monoisotopic (exact) mass is 253 g/mol. The van der Waals surface area contributed by atoms with E-state index in [1.54, 1.807) is 0 Å². The Balaban J connectivity index is 2.32. The first kappa shape index (κ1) is 15.3. The average molecular weight is 253 g/mol. The smallest absolute Gasteiger partial charge is 0.166 e. The number of quaternary nitrogens is 1. The van der Waals surface area contributed by atoms with E-state index in [-0.39, 0.29) is 6.61 Å². The summed E-state index contributed by atoms with van der Waals surface area (Å²) in [6, 6.07) is 0. The molecule has 18 heavy (non-hydrogen) atoms. The molecule has 2 N–H and O–H groups in total. The lowest BCUT2D eigenvalue weighted by molar-refractivity contribution is -0.900. The molecule has 1 aliphatic heterocycles. The third kappa shape index (κ3) is 4.14. The molecular formula is C15H29N2O+. The third-order valence-corrected chi connectivity index (χ3v) is 3.86. The molecule has 0 amide bonds. The molecule has 1 rings (SSSR count). The molecule has 0 aromatic carbocycles. The first-order valence-corrected chi connectivity index (χ1v) is 7.35. The number of nitrogens with one attached hydrogen (secondary N) is 1. The number of allylic oxidation sites excluding steroid dienone is 2. The summed E-state index contributed by atoms with van der Waals surface area (Å²) in [6.45, 7) is 6.52. The SMILES string of the molecule is CCC/C=C/CCCC1NC=C[N+]1(CC)CCO. The zero-order valence-corrected chi connectivity index (χ0v) is 11.9. The van der Waals surface area contributed by atoms with Crippen molar-refractivity contribution in [3.63, 3.8) is 0 Å². The van der Waals surface area contributed by atoms with Gasteiger partial charge in [-0.1, -0.05) is 25.5 Å². The van der Waals surface area contributed by atoms with Crippen molar-refractivity contribution in [3.05, 3.63) is 24.6 Å². The molecule has 0 spiro atoms. The summed E-state index contributed by atoms with van der Waals surface area (Å²) in [5.74, 6) is 0. The van der Waals surface area contributed by atoms with Gasteiger partial charge in [0, 0.05) is 6.42 Å². The Bertz CT molecular complexity index is 276. The maximum atomic E-state index is 9.22. The Labute approximate surface area is 112 Å². The molecule has 3 nitrogen and oxygen atoms in total. The van der Waals surface area contributed by atoms with Gasteiger partial charge in [-0.3, -0.25) is 4.48 Å². The molecule has 1 heterocycles. The number of aliphatic hydroxyl groups excluding tert-OH is 1. The maximum Gasteiger partial charge on any atom is 0.166 e. The lowest BCUT2D eigenvalue weighted by Crippen LogP contribution is -2.54. The zero-order chi connectivity index (χ0) is 13.3. The highest BCUT2D eigenvalue weighted by Gasteiger charge is 2.35. The van der Waals surface area contributed by atoms with Crippen LogP contribution >= 0.6 is 0 Å². The molecule has 0 radical (unpaired) electrons. The predicted octanol–water partition coefficient (Wildman–Crippen LogP) is 2.74. The molecule has 104 valence electrons. The second-order valence-corrected chi connectivity index (χ2v) is 5.06. The number of hydrogen-bond acceptors (Lipinski definition) is 2. The third-order valence-electron chi connectivity index (χ3n) is 3.86. The summed E-state index contributed by atoms with van der Waals surface area (Å²) in [5, 5.41) is 12.7. The van der Waals surface area contributed by atoms with Crippen molar-refractivity contribution in [2.24, 2.45) is 0 Å². The van der Waals surface area contributed by atoms with Gasteiger partial charge in [0.15, 0.2) is 6.17 Å². The van der Waals surface area contributed by atoms with Crippen LogP contribution in [0.4, 0.5) is 0 Å². The van der Waals surface area contributed by atoms with Gasteiger partial charge in [-0.2, -0.15) is 0 Å². The van der Waals surface area contributed by atoms with Crippen LogP contribution < -0.4 is 5.32 Å². The van der Waals surface area contributed by atoms with Crippen molar-refractivity contribution < 1.29 is 9.59 Å². The van der Waals surface area contributed by atoms with E-state index < -0.39 is 0 Å². The molecule has 0 aliphatic carbocycles. The molecule has 0 aromatic rings. The van der Waals surface area contributed by atoms with Gasteiger partial charge in [-0.05, 0) is 26.2 Å². The molecule has 1 aliphatic rings. The van der Waals surface area contributed by atoms with Gasteiger partial charge in [0.05, 0.1) is 19.4 Å². The average Bonchev–Trinajstić information content (AvgIpc) is 2.78. The minimum Gasteiger partial charge on any atom is -0.390 e. The van der Waals surface area contributed by atoms with Crippen LogP contribution in [0.15, 0.2) is 24.6 Å². The van der Waals surface area contributed by atoms with Gasteiger partial charge >= 0.3 is 0 Å². The van der Waals surface area contributed by atoms with E-state index in [1.807, 2.05) is 0 Å². The highest BCUT2D eigenvalue weighted by molar-refractivity contribution is 4.86. The molecule has 0 aromatic heterocycles. The maximum absolute atomic E-state index is 9.22. The summed E-state index contributed by atoms with van der Waals surface area (Å²) in [4.78, 5) is 0. The van der Waals surface area contributed by atoms with Gasteiger partial charge in [0.25, 0.3) is 0 Å². The molecule has 2 atom stereocenters. The van der Waals surface area contributed by atoms with Gasteiger partial charge < -0.3 is 10.4 Å². The van der Waals surface area contributed by atoms with Crippen molar-refractivity contribution in [1.29, 1.82) is 0 Å². The Morgan fingerprint density at radius 2 is 2.06 bits per heavy atom. The Hall–Kier alpha value is -0.800. The number of hydrogen-bond donors (Lipinski definition) is 2. The fourth-order valence-corrected chi connectivity index (χ4v) is 2.63. The molecule has 2 unspecified atom stereocenters. The van der Waals surface area contributed by atoms with Crippen LogP contribution in [0.5, 0.6) is 0 Å². The van der Waals surface area contributed by atoms with Crippen LogP contribution in [-0.2, 0) is 0 Å². The summed E-state index contributed by atoms with van der Waals surface area (Å²) < 4.78 is 0.884. The number of nitrogens with zero attached hydrogens (tertiary/aromatic N) is 1. The summed E-state index contributed by atoms with van der Waals surface area (Å²) in [6.07, 6.45) is 15.3. The van der Waals surface area contributed by atoms with Crippen molar-refractivity contribution in [3.8, 4) is 0 Å². The van der Waals surface area contributed by atoms with Gasteiger partial charge in [0.1, 0.15) is 12.7 Å². The standard InChI is InChI=1S/C15H29N2O/c1-3-5-6-7-8-9-10-15-16-11-12-17(15,4-2)13-14-18/h6-7,11-12,15-16,18H,3-5,8-10,13-14H2,1-2H3/q+1/b7-6+. The first-order valence-electron chi connectivity index (χ1n) is 7.35. The highest BCUT2D eigenvalue weighted by atomic mass is 16.3. The second-order valence-electron chi connectivity index (χ2n) is 5.06. The lowest BCUT2D eigenvalue weighted by atomic mass is 10.1. The molecule has 3 heteroatoms. The van der Waals surface area contributed by atoms with E-state index in [9.17, 15) is 5.11 Å². The number of unbranched alkanes of at least 4 members (excludes halogenated alkanes) is 2. The predicted molar refractivity (Wildman–Crippen MR) is 76.7 cm³/mol. The summed E-state index contributed by atoms with van der Waals surface area (Å²) in [7, 11) is 0. The van der Waals surface area contributed by atoms with Crippen LogP contribution in [0, 0.1) is 0 Å². The summed E-state index contributed by atoms with van der Waals surface area (Å²) >= 11 is 0. The lowest BCUT2D eigenvalue weighted by Gasteiger charge is -2.36. The Morgan fingerprint density at radius 1 is 1.28 bits per heavy atom. The van der Waals surface area contributed by atoms with E-state index in [2.05, 4.69) is 43.7 Å². The first-order chi connectivity index (χ1) is 8.79. The van der Waals surface area contributed by atoms with E-state index in [4.69, 9.17) is 0 Å². The zero-order valence-electron chi connectivity index (χ0n) is 11.9. The quantitative estimate of drug-likeness (QED) is 0.376. The van der Waals surface area contributed by atoms with Crippen LogP contribution in [0.1, 0.15) is 46.0 Å². The molecule has 0 saturated heterocycles. The van der Waals surface area contributed by atoms with Crippen LogP contribution in [0.2, 0.25) is 0 Å². The molecule has 0 fully saturated rings. The van der Waals surface area contributed by atoms with Crippen LogP contribution in [0.3, 0.4) is 0 Å². The minimum absolute atomic E-state index is 0.257. The van der Waals surface area contributed by atoms with Crippen molar-refractivity contribution >= 4 is 0 Å². The second kappa shape index (κ2) is 8.33. The van der Waals surface area contributed by atoms with E-state index in [0.717, 1.165) is 24.0 Å². The number of likely N-dealkylation sites (N-methyl/N-ethyl adjacent to an activating group) is 1. The highest BCUT2D eigenvalue weighted by Crippen LogP contribution is 2.22. The van der Waals surface area contributed by atoms with Crippen molar-refractivity contribution in [2.45, 2.75) is 52.1 Å². The van der Waals surface area contributed by atoms with E-state index >= 15 is 0 Å². The van der Waals surface area contributed by atoms with Crippen molar-refractivity contribution in [2.75, 3.05) is 19.7 Å². The molecule has 0 bridgehead atoms. The van der Waals surface area contributed by atoms with Gasteiger partial charge in [-0.25, -0.2) is 0 Å². The fourth-order valence-electron chi connectivity index (χ4n) is 2.63. The largest absolute Gasteiger partial charge is 0.390 e. The van der Waals surface area contributed by atoms with Crippen LogP contribution in [0.25, 0.3) is 0 Å². The fraction of sp³-hybridized carbons (Fsp3) is 0.733. The van der Waals surface area contributed by atoms with Gasteiger partial charge in [0.2, 0.25) is 0 Å². The minimum atomic E-state index is 0.257. The number of aliphatic hydroxyl groups is 1. The van der Waals surface area contributed by atoms with Crippen molar-refractivity contribution in [1.82, 2.24) is 5.32 Å². The van der Waals surface area contributed by atoms with E-state index in [0.29, 0.717) is 6.17 Å². The van der Waals surface area contributed by atoms with E-state index in [1.165, 1.54) is 25.7 Å². The van der Waals surface area contributed by atoms with Gasteiger partial charge in [-0.15, -0.1) is 0 Å². The van der Waals surface area contributed by atoms with Crippen LogP contribution in [-0.4, -0.2) is 35.5 Å². The Morgan fingerprint density at radius 3 is 2.72 bits per heavy atom. The summed E-state index contributed by atoms with van der Waals surface area (Å²) in [5.41, 5.74) is 0. The molecule has 0 saturated carbocycles. The molecular weight excluding hydrogens is 224 g/mol. The number of rotatable bonds is 9. The Kier molecular flexibility index (Phi) is 7.06. The topological polar surface area (TPSA) is 32.3 Å².